The van der Waals surface area contributed by atoms with Crippen LogP contribution in [0.2, 0.25) is 0 Å². The smallest absolute Gasteiger partial charge is 0.139 e. The van der Waals surface area contributed by atoms with Crippen molar-refractivity contribution in [1.29, 1.82) is 0 Å². The summed E-state index contributed by atoms with van der Waals surface area (Å²) in [6.45, 7) is 0.866. The van der Waals surface area contributed by atoms with Crippen molar-refractivity contribution in [2.45, 2.75) is 57.1 Å². The van der Waals surface area contributed by atoms with Gasteiger partial charge < -0.3 is 21.4 Å². The van der Waals surface area contributed by atoms with Gasteiger partial charge in [0.1, 0.15) is 5.84 Å². The van der Waals surface area contributed by atoms with Crippen LogP contribution in [0.25, 0.3) is 0 Å². The second-order valence-corrected chi connectivity index (χ2v) is 5.61. The Hall–Kier alpha value is -0.810. The molecule has 2 atom stereocenters. The molecule has 2 saturated carbocycles. The van der Waals surface area contributed by atoms with Gasteiger partial charge in [0, 0.05) is 19.0 Å². The van der Waals surface area contributed by atoms with E-state index in [0.717, 1.165) is 38.6 Å². The van der Waals surface area contributed by atoms with Gasteiger partial charge in [0.25, 0.3) is 0 Å². The summed E-state index contributed by atoms with van der Waals surface area (Å²) in [6.07, 6.45) is 6.99. The third kappa shape index (κ3) is 3.33. The molecule has 2 aliphatic rings. The van der Waals surface area contributed by atoms with Crippen molar-refractivity contribution in [3.8, 4) is 0 Å². The van der Waals surface area contributed by atoms with Crippen LogP contribution in [0.4, 0.5) is 0 Å². The first-order chi connectivity index (χ1) is 8.15. The number of nitrogens with one attached hydrogen (secondary N) is 1. The molecule has 98 valence electrons. The lowest BCUT2D eigenvalue weighted by molar-refractivity contribution is 0.0882. The SMILES string of the molecule is NC(CC1(CNC2CCCCC2O)CC1)=NO. The number of nitrogens with two attached hydrogens (primary N) is 1. The van der Waals surface area contributed by atoms with Gasteiger partial charge in [-0.3, -0.25) is 0 Å². The zero-order valence-corrected chi connectivity index (χ0v) is 10.2. The average Bonchev–Trinajstić information content (AvgIpc) is 3.08. The molecule has 0 radical (unpaired) electrons. The minimum Gasteiger partial charge on any atom is -0.409 e. The number of aliphatic hydroxyl groups excluding tert-OH is 1. The highest BCUT2D eigenvalue weighted by Gasteiger charge is 2.43. The number of hydrogen-bond donors (Lipinski definition) is 4. The van der Waals surface area contributed by atoms with Crippen molar-refractivity contribution in [1.82, 2.24) is 5.32 Å². The quantitative estimate of drug-likeness (QED) is 0.248. The highest BCUT2D eigenvalue weighted by Crippen LogP contribution is 2.48. The Morgan fingerprint density at radius 3 is 2.65 bits per heavy atom. The first kappa shape index (κ1) is 12.6. The summed E-state index contributed by atoms with van der Waals surface area (Å²) in [5.41, 5.74) is 5.73. The molecule has 0 spiro atoms. The molecular formula is C12H23N3O2. The molecule has 0 aromatic rings. The molecule has 17 heavy (non-hydrogen) atoms. The van der Waals surface area contributed by atoms with Gasteiger partial charge in [0.2, 0.25) is 0 Å². The maximum atomic E-state index is 9.86. The van der Waals surface area contributed by atoms with Gasteiger partial charge in [0.05, 0.1) is 6.10 Å². The minimum absolute atomic E-state index is 0.174. The Morgan fingerprint density at radius 1 is 1.35 bits per heavy atom. The van der Waals surface area contributed by atoms with E-state index >= 15 is 0 Å². The van der Waals surface area contributed by atoms with Crippen LogP contribution in [0.1, 0.15) is 44.9 Å². The van der Waals surface area contributed by atoms with Gasteiger partial charge >= 0.3 is 0 Å². The molecule has 2 unspecified atom stereocenters. The molecule has 0 aliphatic heterocycles. The molecular weight excluding hydrogens is 218 g/mol. The number of hydrogen-bond acceptors (Lipinski definition) is 4. The Bertz CT molecular complexity index is 289. The molecule has 2 rings (SSSR count). The van der Waals surface area contributed by atoms with E-state index in [9.17, 15) is 5.11 Å². The van der Waals surface area contributed by atoms with Crippen LogP contribution < -0.4 is 11.1 Å². The minimum atomic E-state index is -0.205. The molecule has 0 aromatic heterocycles. The normalized spacial score (nSPS) is 32.4. The zero-order valence-electron chi connectivity index (χ0n) is 10.2. The Balaban J connectivity index is 1.77. The lowest BCUT2D eigenvalue weighted by Crippen LogP contribution is -2.44. The van der Waals surface area contributed by atoms with Gasteiger partial charge in [-0.25, -0.2) is 0 Å². The van der Waals surface area contributed by atoms with Crippen LogP contribution in [0, 0.1) is 5.41 Å². The van der Waals surface area contributed by atoms with Crippen LogP contribution in [-0.4, -0.2) is 34.8 Å². The average molecular weight is 241 g/mol. The fraction of sp³-hybridized carbons (Fsp3) is 0.917. The van der Waals surface area contributed by atoms with Crippen molar-refractivity contribution in [2.24, 2.45) is 16.3 Å². The van der Waals surface area contributed by atoms with Gasteiger partial charge in [0.15, 0.2) is 0 Å². The highest BCUT2D eigenvalue weighted by atomic mass is 16.4. The fourth-order valence-electron chi connectivity index (χ4n) is 2.71. The number of oxime groups is 1. The van der Waals surface area contributed by atoms with E-state index in [1.807, 2.05) is 0 Å². The van der Waals surface area contributed by atoms with Crippen molar-refractivity contribution in [2.75, 3.05) is 6.54 Å². The maximum Gasteiger partial charge on any atom is 0.139 e. The van der Waals surface area contributed by atoms with Crippen molar-refractivity contribution < 1.29 is 10.3 Å². The summed E-state index contributed by atoms with van der Waals surface area (Å²) < 4.78 is 0. The number of amidine groups is 1. The summed E-state index contributed by atoms with van der Waals surface area (Å²) in [7, 11) is 0. The lowest BCUT2D eigenvalue weighted by atomic mass is 9.91. The van der Waals surface area contributed by atoms with Gasteiger partial charge in [-0.1, -0.05) is 18.0 Å². The molecule has 0 heterocycles. The highest BCUT2D eigenvalue weighted by molar-refractivity contribution is 5.80. The Morgan fingerprint density at radius 2 is 2.06 bits per heavy atom. The molecule has 5 nitrogen and oxygen atoms in total. The van der Waals surface area contributed by atoms with Crippen molar-refractivity contribution in [3.63, 3.8) is 0 Å². The summed E-state index contributed by atoms with van der Waals surface area (Å²) in [5, 5.41) is 25.0. The largest absolute Gasteiger partial charge is 0.409 e. The van der Waals surface area contributed by atoms with E-state index in [-0.39, 0.29) is 17.6 Å². The Labute approximate surface area is 102 Å². The van der Waals surface area contributed by atoms with Gasteiger partial charge in [-0.05, 0) is 31.1 Å². The Kier molecular flexibility index (Phi) is 3.89. The predicted octanol–water partition coefficient (Wildman–Crippen LogP) is 0.796. The molecule has 0 saturated heterocycles. The van der Waals surface area contributed by atoms with E-state index in [2.05, 4.69) is 10.5 Å². The van der Waals surface area contributed by atoms with E-state index in [0.29, 0.717) is 12.3 Å². The van der Waals surface area contributed by atoms with Crippen molar-refractivity contribution in [3.05, 3.63) is 0 Å². The summed E-state index contributed by atoms with van der Waals surface area (Å²) >= 11 is 0. The number of rotatable bonds is 5. The first-order valence-corrected chi connectivity index (χ1v) is 6.53. The van der Waals surface area contributed by atoms with Crippen LogP contribution in [0.15, 0.2) is 5.16 Å². The van der Waals surface area contributed by atoms with E-state index in [4.69, 9.17) is 10.9 Å². The zero-order chi connectivity index (χ0) is 12.3. The number of aliphatic hydroxyl groups is 1. The van der Waals surface area contributed by atoms with Crippen molar-refractivity contribution >= 4 is 5.84 Å². The topological polar surface area (TPSA) is 90.9 Å². The third-order valence-electron chi connectivity index (χ3n) is 4.11. The standard InChI is InChI=1S/C12H23N3O2/c13-11(15-17)7-12(5-6-12)8-14-9-3-1-2-4-10(9)16/h9-10,14,16-17H,1-8H2,(H2,13,15). The fourth-order valence-corrected chi connectivity index (χ4v) is 2.71. The van der Waals surface area contributed by atoms with E-state index in [1.165, 1.54) is 6.42 Å². The molecule has 5 N–H and O–H groups in total. The van der Waals surface area contributed by atoms with Crippen LogP contribution in [0.3, 0.4) is 0 Å². The number of nitrogens with zero attached hydrogens (tertiary/aromatic N) is 1. The van der Waals surface area contributed by atoms with E-state index < -0.39 is 0 Å². The first-order valence-electron chi connectivity index (χ1n) is 6.53. The molecule has 0 amide bonds. The van der Waals surface area contributed by atoms with Crippen LogP contribution in [0.5, 0.6) is 0 Å². The molecule has 0 bridgehead atoms. The second-order valence-electron chi connectivity index (χ2n) is 5.61. The molecule has 2 fully saturated rings. The predicted molar refractivity (Wildman–Crippen MR) is 66.0 cm³/mol. The summed E-state index contributed by atoms with van der Waals surface area (Å²) in [4.78, 5) is 0. The second kappa shape index (κ2) is 5.23. The van der Waals surface area contributed by atoms with Crippen LogP contribution >= 0.6 is 0 Å². The van der Waals surface area contributed by atoms with Gasteiger partial charge in [-0.2, -0.15) is 0 Å². The summed E-state index contributed by atoms with van der Waals surface area (Å²) in [5.74, 6) is 0.313. The summed E-state index contributed by atoms with van der Waals surface area (Å²) in [6, 6.07) is 0.230. The lowest BCUT2D eigenvalue weighted by Gasteiger charge is -2.30. The molecule has 2 aliphatic carbocycles. The van der Waals surface area contributed by atoms with Crippen LogP contribution in [-0.2, 0) is 0 Å². The third-order valence-corrected chi connectivity index (χ3v) is 4.11. The van der Waals surface area contributed by atoms with E-state index in [1.54, 1.807) is 0 Å². The maximum absolute atomic E-state index is 9.86. The monoisotopic (exact) mass is 241 g/mol. The molecule has 5 heteroatoms. The molecule has 0 aromatic carbocycles. The van der Waals surface area contributed by atoms with Gasteiger partial charge in [-0.15, -0.1) is 0 Å².